The van der Waals surface area contributed by atoms with E-state index >= 15 is 0 Å². The summed E-state index contributed by atoms with van der Waals surface area (Å²) >= 11 is 3.44. The summed E-state index contributed by atoms with van der Waals surface area (Å²) in [6.45, 7) is 13.4. The number of hydrogen-bond acceptors (Lipinski definition) is 3. The number of nitrogens with one attached hydrogen (secondary N) is 1. The van der Waals surface area contributed by atoms with Gasteiger partial charge in [0, 0.05) is 10.9 Å². The lowest BCUT2D eigenvalue weighted by Gasteiger charge is -2.20. The molecule has 178 valence electrons. The molecule has 0 bridgehead atoms. The molecule has 2 rings (SSSR count). The van der Waals surface area contributed by atoms with Gasteiger partial charge < -0.3 is 19.1 Å². The van der Waals surface area contributed by atoms with Gasteiger partial charge in [-0.05, 0) is 66.6 Å². The van der Waals surface area contributed by atoms with Gasteiger partial charge in [-0.3, -0.25) is 0 Å². The molecule has 32 heavy (non-hydrogen) atoms. The lowest BCUT2D eigenvalue weighted by molar-refractivity contribution is -0.894. The maximum Gasteiger partial charge on any atom is 0.122 e. The van der Waals surface area contributed by atoms with Gasteiger partial charge in [0.15, 0.2) is 0 Å². The molecule has 2 aromatic rings. The van der Waals surface area contributed by atoms with E-state index in [1.165, 1.54) is 21.6 Å². The summed E-state index contributed by atoms with van der Waals surface area (Å²) in [5, 5.41) is 1.03. The molecule has 0 aliphatic rings. The fraction of sp³-hybridized carbons (Fsp3) is 0.556. The number of quaternary nitrogens is 1. The van der Waals surface area contributed by atoms with Gasteiger partial charge >= 0.3 is 0 Å². The van der Waals surface area contributed by atoms with Crippen LogP contribution in [0.2, 0.25) is 0 Å². The molecule has 0 amide bonds. The van der Waals surface area contributed by atoms with E-state index in [-0.39, 0.29) is 5.41 Å². The molecule has 0 spiro atoms. The number of aryl methyl sites for hydroxylation is 1. The van der Waals surface area contributed by atoms with E-state index in [1.54, 1.807) is 0 Å². The second-order valence-corrected chi connectivity index (χ2v) is 10.3. The van der Waals surface area contributed by atoms with Gasteiger partial charge in [0.05, 0.1) is 26.9 Å². The molecule has 0 aliphatic heterocycles. The number of ether oxygens (including phenoxy) is 3. The average Bonchev–Trinajstić information content (AvgIpc) is 2.75. The van der Waals surface area contributed by atoms with Crippen molar-refractivity contribution in [1.29, 1.82) is 0 Å². The third-order valence-electron chi connectivity index (χ3n) is 5.43. The highest BCUT2D eigenvalue weighted by Crippen LogP contribution is 2.27. The summed E-state index contributed by atoms with van der Waals surface area (Å²) in [6.07, 6.45) is 2.22. The normalized spacial score (nSPS) is 12.6. The lowest BCUT2D eigenvalue weighted by atomic mass is 9.86. The highest BCUT2D eigenvalue weighted by molar-refractivity contribution is 9.09. The van der Waals surface area contributed by atoms with Crippen molar-refractivity contribution >= 4 is 15.9 Å². The van der Waals surface area contributed by atoms with E-state index in [4.69, 9.17) is 14.2 Å². The van der Waals surface area contributed by atoms with Crippen LogP contribution in [-0.2, 0) is 16.7 Å². The van der Waals surface area contributed by atoms with Crippen LogP contribution in [0.15, 0.2) is 42.5 Å². The van der Waals surface area contributed by atoms with Gasteiger partial charge in [0.1, 0.15) is 31.2 Å². The van der Waals surface area contributed by atoms with Gasteiger partial charge in [-0.25, -0.2) is 0 Å². The maximum atomic E-state index is 5.91. The van der Waals surface area contributed by atoms with Crippen LogP contribution in [0.25, 0.3) is 0 Å². The third kappa shape index (κ3) is 9.93. The fourth-order valence-corrected chi connectivity index (χ4v) is 3.76. The van der Waals surface area contributed by atoms with Crippen LogP contribution in [0.4, 0.5) is 0 Å². The molecule has 0 fully saturated rings. The summed E-state index contributed by atoms with van der Waals surface area (Å²) in [7, 11) is 2.20. The second kappa shape index (κ2) is 13.9. The highest BCUT2D eigenvalue weighted by atomic mass is 79.9. The molecule has 2 aromatic carbocycles. The zero-order chi connectivity index (χ0) is 23.4. The fourth-order valence-electron chi connectivity index (χ4n) is 3.36. The van der Waals surface area contributed by atoms with Crippen molar-refractivity contribution in [3.05, 3.63) is 59.2 Å². The Hall–Kier alpha value is -1.56. The van der Waals surface area contributed by atoms with Crippen molar-refractivity contribution in [1.82, 2.24) is 0 Å². The Kier molecular flexibility index (Phi) is 11.6. The Bertz CT molecular complexity index is 786. The first kappa shape index (κ1) is 26.7. The van der Waals surface area contributed by atoms with Gasteiger partial charge in [0.2, 0.25) is 0 Å². The van der Waals surface area contributed by atoms with Gasteiger partial charge in [0.25, 0.3) is 0 Å². The van der Waals surface area contributed by atoms with Crippen molar-refractivity contribution in [2.24, 2.45) is 0 Å². The number of halogens is 1. The quantitative estimate of drug-likeness (QED) is 0.290. The van der Waals surface area contributed by atoms with Crippen molar-refractivity contribution in [2.45, 2.75) is 52.5 Å². The van der Waals surface area contributed by atoms with Crippen LogP contribution in [0.3, 0.4) is 0 Å². The summed E-state index contributed by atoms with van der Waals surface area (Å²) in [6, 6.07) is 14.9. The number of benzene rings is 2. The van der Waals surface area contributed by atoms with Crippen LogP contribution >= 0.6 is 15.9 Å². The Balaban J connectivity index is 1.60. The lowest BCUT2D eigenvalue weighted by Crippen LogP contribution is -3.08. The average molecular weight is 508 g/mol. The first-order chi connectivity index (χ1) is 15.3. The standard InChI is InChI=1S/C27H40BrNO3/c1-22-20-24(27(2,3)4)10-13-26(22)32-19-18-30-17-15-29(5)21-23-8-11-25(12-9-23)31-16-7-6-14-28/h8-13,20H,6-7,14-19,21H2,1-5H3/p+1. The van der Waals surface area contributed by atoms with Gasteiger partial charge in [-0.2, -0.15) is 0 Å². The third-order valence-corrected chi connectivity index (χ3v) is 5.99. The number of alkyl halides is 1. The summed E-state index contributed by atoms with van der Waals surface area (Å²) in [5.74, 6) is 1.90. The van der Waals surface area contributed by atoms with Crippen molar-refractivity contribution in [2.75, 3.05) is 45.4 Å². The van der Waals surface area contributed by atoms with Crippen molar-refractivity contribution in [3.63, 3.8) is 0 Å². The molecule has 0 heterocycles. The van der Waals surface area contributed by atoms with Crippen molar-refractivity contribution in [3.8, 4) is 11.5 Å². The molecule has 0 radical (unpaired) electrons. The van der Waals surface area contributed by atoms with Crippen LogP contribution in [0.1, 0.15) is 50.3 Å². The minimum atomic E-state index is 0.156. The molecule has 4 nitrogen and oxygen atoms in total. The van der Waals surface area contributed by atoms with Crippen LogP contribution in [0, 0.1) is 6.92 Å². The minimum absolute atomic E-state index is 0.156. The monoisotopic (exact) mass is 506 g/mol. The number of unbranched alkanes of at least 4 members (excludes halogenated alkanes) is 1. The van der Waals surface area contributed by atoms with Gasteiger partial charge in [-0.15, -0.1) is 0 Å². The van der Waals surface area contributed by atoms with Crippen LogP contribution < -0.4 is 14.4 Å². The minimum Gasteiger partial charge on any atom is -0.494 e. The maximum absolute atomic E-state index is 5.91. The SMILES string of the molecule is Cc1cc(C(C)(C)C)ccc1OCCOCC[NH+](C)Cc1ccc(OCCCCBr)cc1. The molecule has 0 saturated carbocycles. The van der Waals surface area contributed by atoms with Gasteiger partial charge in [-0.1, -0.05) is 48.8 Å². The summed E-state index contributed by atoms with van der Waals surface area (Å²) < 4.78 is 17.5. The molecule has 1 N–H and O–H groups in total. The molecule has 0 saturated heterocycles. The Morgan fingerprint density at radius 1 is 0.875 bits per heavy atom. The van der Waals surface area contributed by atoms with E-state index < -0.39 is 0 Å². The molecular weight excluding hydrogens is 466 g/mol. The summed E-state index contributed by atoms with van der Waals surface area (Å²) in [5.41, 5.74) is 3.98. The predicted molar refractivity (Wildman–Crippen MR) is 137 cm³/mol. The van der Waals surface area contributed by atoms with Crippen LogP contribution in [-0.4, -0.2) is 45.4 Å². The van der Waals surface area contributed by atoms with Crippen molar-refractivity contribution < 1.29 is 19.1 Å². The molecule has 0 aliphatic carbocycles. The number of rotatable bonds is 14. The van der Waals surface area contributed by atoms with E-state index in [2.05, 4.69) is 93.1 Å². The Labute approximate surface area is 203 Å². The molecule has 5 heteroatoms. The Morgan fingerprint density at radius 3 is 2.28 bits per heavy atom. The van der Waals surface area contributed by atoms with E-state index in [9.17, 15) is 0 Å². The van der Waals surface area contributed by atoms with Crippen LogP contribution in [0.5, 0.6) is 11.5 Å². The highest BCUT2D eigenvalue weighted by Gasteiger charge is 2.14. The predicted octanol–water partition coefficient (Wildman–Crippen LogP) is 4.96. The first-order valence-corrected chi connectivity index (χ1v) is 12.8. The summed E-state index contributed by atoms with van der Waals surface area (Å²) in [4.78, 5) is 1.42. The zero-order valence-electron chi connectivity index (χ0n) is 20.5. The number of hydrogen-bond donors (Lipinski definition) is 1. The molecular formula is C27H41BrNO3+. The second-order valence-electron chi connectivity index (χ2n) is 9.46. The topological polar surface area (TPSA) is 32.1 Å². The number of likely N-dealkylation sites (N-methyl/N-ethyl adjacent to an activating group) is 1. The first-order valence-electron chi connectivity index (χ1n) is 11.7. The molecule has 1 unspecified atom stereocenters. The Morgan fingerprint density at radius 2 is 1.62 bits per heavy atom. The smallest absolute Gasteiger partial charge is 0.122 e. The molecule has 0 aromatic heterocycles. The van der Waals surface area contributed by atoms with E-state index in [1.807, 2.05) is 0 Å². The zero-order valence-corrected chi connectivity index (χ0v) is 22.1. The largest absolute Gasteiger partial charge is 0.494 e. The van der Waals surface area contributed by atoms with E-state index in [0.29, 0.717) is 13.2 Å². The van der Waals surface area contributed by atoms with E-state index in [0.717, 1.165) is 56.0 Å². The molecule has 1 atom stereocenters.